The lowest BCUT2D eigenvalue weighted by atomic mass is 10.1. The molecule has 1 aliphatic heterocycles. The Morgan fingerprint density at radius 3 is 3.10 bits per heavy atom. The molecule has 4 heteroatoms. The molecule has 0 aliphatic carbocycles. The van der Waals surface area contributed by atoms with Crippen LogP contribution in [0.15, 0.2) is 42.7 Å². The van der Waals surface area contributed by atoms with Crippen LogP contribution in [0.25, 0.3) is 0 Å². The van der Waals surface area contributed by atoms with E-state index in [-0.39, 0.29) is 6.10 Å². The van der Waals surface area contributed by atoms with E-state index < -0.39 is 0 Å². The highest BCUT2D eigenvalue weighted by Crippen LogP contribution is 2.25. The van der Waals surface area contributed by atoms with E-state index >= 15 is 0 Å². The molecule has 2 aromatic rings. The summed E-state index contributed by atoms with van der Waals surface area (Å²) in [7, 11) is 0. The van der Waals surface area contributed by atoms with Crippen LogP contribution >= 0.6 is 0 Å². The molecular formula is C17H17N3O. The van der Waals surface area contributed by atoms with Crippen molar-refractivity contribution in [1.82, 2.24) is 9.88 Å². The maximum absolute atomic E-state index is 9.18. The van der Waals surface area contributed by atoms with Gasteiger partial charge in [-0.15, -0.1) is 0 Å². The van der Waals surface area contributed by atoms with E-state index in [2.05, 4.69) is 28.9 Å². The van der Waals surface area contributed by atoms with Gasteiger partial charge in [-0.3, -0.25) is 9.88 Å². The third-order valence-electron chi connectivity index (χ3n) is 3.64. The van der Waals surface area contributed by atoms with Crippen LogP contribution in [-0.2, 0) is 13.1 Å². The van der Waals surface area contributed by atoms with E-state index in [1.807, 2.05) is 24.3 Å². The Labute approximate surface area is 124 Å². The van der Waals surface area contributed by atoms with E-state index in [0.717, 1.165) is 30.9 Å². The second kappa shape index (κ2) is 5.94. The highest BCUT2D eigenvalue weighted by molar-refractivity contribution is 5.36. The predicted molar refractivity (Wildman–Crippen MR) is 79.6 cm³/mol. The molecular weight excluding hydrogens is 262 g/mol. The van der Waals surface area contributed by atoms with E-state index in [4.69, 9.17) is 4.74 Å². The van der Waals surface area contributed by atoms with Crippen molar-refractivity contribution >= 4 is 0 Å². The van der Waals surface area contributed by atoms with Crippen molar-refractivity contribution in [2.24, 2.45) is 0 Å². The zero-order valence-corrected chi connectivity index (χ0v) is 12.0. The number of hydrogen-bond donors (Lipinski definition) is 0. The number of fused-ring (bicyclic) bond motifs is 1. The molecule has 2 heterocycles. The zero-order chi connectivity index (χ0) is 14.7. The van der Waals surface area contributed by atoms with Gasteiger partial charge in [-0.25, -0.2) is 0 Å². The summed E-state index contributed by atoms with van der Waals surface area (Å²) in [5.74, 6) is 0.961. The van der Waals surface area contributed by atoms with Gasteiger partial charge in [0.1, 0.15) is 17.9 Å². The Hall–Kier alpha value is -2.38. The summed E-state index contributed by atoms with van der Waals surface area (Å²) in [5.41, 5.74) is 2.84. The Balaban J connectivity index is 1.85. The van der Waals surface area contributed by atoms with Crippen molar-refractivity contribution in [2.45, 2.75) is 26.1 Å². The molecule has 1 atom stereocenters. The van der Waals surface area contributed by atoms with E-state index in [1.165, 1.54) is 5.56 Å². The molecule has 1 aromatic heterocycles. The maximum Gasteiger partial charge on any atom is 0.124 e. The summed E-state index contributed by atoms with van der Waals surface area (Å²) in [6.07, 6.45) is 3.49. The average molecular weight is 279 g/mol. The standard InChI is InChI=1S/C17H17N3O/c1-13-10-20(11-14-6-7-19-9-16(14)8-18)12-15-4-2-3-5-17(15)21-13/h2-7,9,13H,10-12H2,1H3. The minimum Gasteiger partial charge on any atom is -0.489 e. The SMILES string of the molecule is CC1CN(Cc2ccncc2C#N)Cc2ccccc2O1. The minimum absolute atomic E-state index is 0.126. The Morgan fingerprint density at radius 1 is 1.38 bits per heavy atom. The largest absolute Gasteiger partial charge is 0.489 e. The lowest BCUT2D eigenvalue weighted by molar-refractivity contribution is 0.156. The fourth-order valence-electron chi connectivity index (χ4n) is 2.70. The van der Waals surface area contributed by atoms with Crippen LogP contribution in [0.2, 0.25) is 0 Å². The van der Waals surface area contributed by atoms with Crippen molar-refractivity contribution in [3.8, 4) is 11.8 Å². The smallest absolute Gasteiger partial charge is 0.124 e. The molecule has 0 saturated carbocycles. The van der Waals surface area contributed by atoms with Crippen LogP contribution in [0.5, 0.6) is 5.75 Å². The molecule has 0 saturated heterocycles. The van der Waals surface area contributed by atoms with Crippen LogP contribution in [-0.4, -0.2) is 22.5 Å². The first-order valence-electron chi connectivity index (χ1n) is 7.06. The van der Waals surface area contributed by atoms with Gasteiger partial charge >= 0.3 is 0 Å². The van der Waals surface area contributed by atoms with Crippen molar-refractivity contribution in [2.75, 3.05) is 6.54 Å². The zero-order valence-electron chi connectivity index (χ0n) is 12.0. The minimum atomic E-state index is 0.126. The lowest BCUT2D eigenvalue weighted by Gasteiger charge is -2.22. The van der Waals surface area contributed by atoms with E-state index in [0.29, 0.717) is 5.56 Å². The average Bonchev–Trinajstić information content (AvgIpc) is 2.65. The highest BCUT2D eigenvalue weighted by Gasteiger charge is 2.20. The van der Waals surface area contributed by atoms with Crippen LogP contribution in [0, 0.1) is 11.3 Å². The van der Waals surface area contributed by atoms with Gasteiger partial charge in [0.05, 0.1) is 5.56 Å². The highest BCUT2D eigenvalue weighted by atomic mass is 16.5. The molecule has 0 spiro atoms. The fourth-order valence-corrected chi connectivity index (χ4v) is 2.70. The fraction of sp³-hybridized carbons (Fsp3) is 0.294. The Kier molecular flexibility index (Phi) is 3.85. The first-order valence-corrected chi connectivity index (χ1v) is 7.06. The number of nitrogens with zero attached hydrogens (tertiary/aromatic N) is 3. The van der Waals surface area contributed by atoms with Crippen LogP contribution < -0.4 is 4.74 Å². The van der Waals surface area contributed by atoms with Crippen molar-refractivity contribution < 1.29 is 4.74 Å². The summed E-state index contributed by atoms with van der Waals surface area (Å²) in [6.45, 7) is 4.47. The lowest BCUT2D eigenvalue weighted by Crippen LogP contribution is -2.30. The third-order valence-corrected chi connectivity index (χ3v) is 3.64. The first-order chi connectivity index (χ1) is 10.3. The number of pyridine rings is 1. The van der Waals surface area contributed by atoms with Crippen molar-refractivity contribution in [1.29, 1.82) is 5.26 Å². The summed E-state index contributed by atoms with van der Waals surface area (Å²) < 4.78 is 5.96. The molecule has 0 fully saturated rings. The summed E-state index contributed by atoms with van der Waals surface area (Å²) in [5, 5.41) is 9.18. The van der Waals surface area contributed by atoms with Gasteiger partial charge in [0, 0.05) is 37.6 Å². The van der Waals surface area contributed by atoms with Gasteiger partial charge in [-0.05, 0) is 24.6 Å². The molecule has 21 heavy (non-hydrogen) atoms. The molecule has 1 aliphatic rings. The molecule has 3 rings (SSSR count). The number of nitriles is 1. The molecule has 106 valence electrons. The topological polar surface area (TPSA) is 49.2 Å². The summed E-state index contributed by atoms with van der Waals surface area (Å²) in [4.78, 5) is 6.33. The Morgan fingerprint density at radius 2 is 2.24 bits per heavy atom. The number of aromatic nitrogens is 1. The van der Waals surface area contributed by atoms with Crippen LogP contribution in [0.3, 0.4) is 0 Å². The predicted octanol–water partition coefficient (Wildman–Crippen LogP) is 2.74. The molecule has 1 aromatic carbocycles. The normalized spacial score (nSPS) is 18.2. The van der Waals surface area contributed by atoms with Gasteiger partial charge in [0.15, 0.2) is 0 Å². The van der Waals surface area contributed by atoms with Crippen LogP contribution in [0.1, 0.15) is 23.6 Å². The second-order valence-corrected chi connectivity index (χ2v) is 5.35. The van der Waals surface area contributed by atoms with E-state index in [9.17, 15) is 5.26 Å². The Bertz CT molecular complexity index is 678. The maximum atomic E-state index is 9.18. The summed E-state index contributed by atoms with van der Waals surface area (Å²) in [6, 6.07) is 12.3. The molecule has 4 nitrogen and oxygen atoms in total. The van der Waals surface area contributed by atoms with Crippen molar-refractivity contribution in [3.63, 3.8) is 0 Å². The molecule has 0 N–H and O–H groups in total. The van der Waals surface area contributed by atoms with E-state index in [1.54, 1.807) is 12.4 Å². The van der Waals surface area contributed by atoms with Crippen molar-refractivity contribution in [3.05, 3.63) is 59.4 Å². The number of ether oxygens (including phenoxy) is 1. The number of para-hydroxylation sites is 1. The first kappa shape index (κ1) is 13.6. The molecule has 0 radical (unpaired) electrons. The molecule has 0 bridgehead atoms. The number of rotatable bonds is 2. The monoisotopic (exact) mass is 279 g/mol. The number of hydrogen-bond acceptors (Lipinski definition) is 4. The van der Waals surface area contributed by atoms with Gasteiger partial charge in [0.25, 0.3) is 0 Å². The molecule has 1 unspecified atom stereocenters. The third kappa shape index (κ3) is 3.04. The number of benzene rings is 1. The van der Waals surface area contributed by atoms with Gasteiger partial charge in [-0.2, -0.15) is 5.26 Å². The summed E-state index contributed by atoms with van der Waals surface area (Å²) >= 11 is 0. The van der Waals surface area contributed by atoms with Crippen LogP contribution in [0.4, 0.5) is 0 Å². The molecule has 0 amide bonds. The van der Waals surface area contributed by atoms with Gasteiger partial charge in [0.2, 0.25) is 0 Å². The van der Waals surface area contributed by atoms with Gasteiger partial charge in [-0.1, -0.05) is 18.2 Å². The quantitative estimate of drug-likeness (QED) is 0.848. The second-order valence-electron chi connectivity index (χ2n) is 5.35. The van der Waals surface area contributed by atoms with Gasteiger partial charge < -0.3 is 4.74 Å².